The first-order valence-corrected chi connectivity index (χ1v) is 7.67. The monoisotopic (exact) mass is 377 g/mol. The summed E-state index contributed by atoms with van der Waals surface area (Å²) in [7, 11) is 1.26. The van der Waals surface area contributed by atoms with Gasteiger partial charge in [-0.3, -0.25) is 30.6 Å². The number of carbonyl (C=O) groups is 2. The number of ether oxygens (including phenoxy) is 2. The van der Waals surface area contributed by atoms with Crippen molar-refractivity contribution in [1.29, 1.82) is 0 Å². The summed E-state index contributed by atoms with van der Waals surface area (Å²) in [5.74, 6) is -2.28. The number of carbonyl (C=O) groups excluding carboxylic acids is 2. The van der Waals surface area contributed by atoms with Gasteiger partial charge >= 0.3 is 5.69 Å². The first-order valence-electron chi connectivity index (χ1n) is 7.67. The van der Waals surface area contributed by atoms with Gasteiger partial charge in [0.15, 0.2) is 23.4 Å². The molecule has 142 valence electrons. The molecule has 2 aromatic carbocycles. The molecular formula is C17H16FN3O6. The third-order valence-electron chi connectivity index (χ3n) is 3.45. The Kier molecular flexibility index (Phi) is 6.26. The Morgan fingerprint density at radius 3 is 2.48 bits per heavy atom. The number of hydrogen-bond donors (Lipinski definition) is 2. The van der Waals surface area contributed by atoms with Crippen LogP contribution in [-0.4, -0.2) is 30.0 Å². The number of nitro groups is 1. The lowest BCUT2D eigenvalue weighted by molar-refractivity contribution is -0.385. The average Bonchev–Trinajstić information content (AvgIpc) is 2.66. The average molecular weight is 377 g/mol. The lowest BCUT2D eigenvalue weighted by Gasteiger charge is -2.15. The van der Waals surface area contributed by atoms with E-state index in [1.165, 1.54) is 44.4 Å². The van der Waals surface area contributed by atoms with E-state index in [0.717, 1.165) is 6.07 Å². The van der Waals surface area contributed by atoms with E-state index in [0.29, 0.717) is 0 Å². The maximum Gasteiger partial charge on any atom is 0.311 e. The minimum atomic E-state index is -1.10. The molecule has 0 aliphatic rings. The molecule has 2 rings (SSSR count). The van der Waals surface area contributed by atoms with Crippen molar-refractivity contribution in [1.82, 2.24) is 10.9 Å². The first kappa shape index (κ1) is 19.6. The maximum atomic E-state index is 13.5. The van der Waals surface area contributed by atoms with Crippen molar-refractivity contribution < 1.29 is 28.4 Å². The predicted molar refractivity (Wildman–Crippen MR) is 91.7 cm³/mol. The molecule has 10 heteroatoms. The molecule has 0 radical (unpaired) electrons. The third-order valence-corrected chi connectivity index (χ3v) is 3.45. The molecule has 0 unspecified atom stereocenters. The van der Waals surface area contributed by atoms with Gasteiger partial charge in [-0.2, -0.15) is 0 Å². The van der Waals surface area contributed by atoms with Crippen LogP contribution < -0.4 is 20.3 Å². The van der Waals surface area contributed by atoms with Gasteiger partial charge in [0.2, 0.25) is 0 Å². The second-order valence-corrected chi connectivity index (χ2v) is 5.28. The summed E-state index contributed by atoms with van der Waals surface area (Å²) in [5, 5.41) is 11.0. The van der Waals surface area contributed by atoms with Crippen molar-refractivity contribution in [3.8, 4) is 11.5 Å². The zero-order valence-corrected chi connectivity index (χ0v) is 14.4. The lowest BCUT2D eigenvalue weighted by atomic mass is 10.2. The van der Waals surface area contributed by atoms with E-state index in [9.17, 15) is 24.1 Å². The van der Waals surface area contributed by atoms with Crippen LogP contribution >= 0.6 is 0 Å². The Labute approximate surface area is 153 Å². The van der Waals surface area contributed by atoms with Crippen LogP contribution in [0.1, 0.15) is 17.3 Å². The number of amides is 2. The number of nitrogens with one attached hydrogen (secondary N) is 2. The fourth-order valence-electron chi connectivity index (χ4n) is 2.05. The summed E-state index contributed by atoms with van der Waals surface area (Å²) in [6.07, 6.45) is -1.10. The highest BCUT2D eigenvalue weighted by atomic mass is 19.1. The van der Waals surface area contributed by atoms with Gasteiger partial charge in [-0.15, -0.1) is 0 Å². The van der Waals surface area contributed by atoms with Gasteiger partial charge in [0.1, 0.15) is 0 Å². The molecule has 0 saturated heterocycles. The first-order chi connectivity index (χ1) is 12.8. The molecule has 2 amide bonds. The number of hydrazine groups is 1. The molecule has 1 atom stereocenters. The molecule has 2 aromatic rings. The number of rotatable bonds is 6. The Balaban J connectivity index is 1.98. The summed E-state index contributed by atoms with van der Waals surface area (Å²) in [6.45, 7) is 1.37. The Hall–Kier alpha value is -3.69. The highest BCUT2D eigenvalue weighted by Crippen LogP contribution is 2.27. The summed E-state index contributed by atoms with van der Waals surface area (Å²) >= 11 is 0. The molecule has 27 heavy (non-hydrogen) atoms. The molecular weight excluding hydrogens is 361 g/mol. The molecule has 0 aromatic heterocycles. The van der Waals surface area contributed by atoms with Crippen molar-refractivity contribution in [3.63, 3.8) is 0 Å². The molecule has 2 N–H and O–H groups in total. The number of halogens is 1. The minimum absolute atomic E-state index is 0.00695. The number of nitro benzene ring substituents is 1. The third kappa shape index (κ3) is 4.91. The van der Waals surface area contributed by atoms with Gasteiger partial charge in [0, 0.05) is 11.6 Å². The van der Waals surface area contributed by atoms with Crippen molar-refractivity contribution in [2.45, 2.75) is 13.0 Å². The lowest BCUT2D eigenvalue weighted by Crippen LogP contribution is -2.47. The van der Waals surface area contributed by atoms with Gasteiger partial charge in [0.05, 0.1) is 12.0 Å². The zero-order chi connectivity index (χ0) is 20.0. The highest BCUT2D eigenvalue weighted by molar-refractivity contribution is 5.96. The summed E-state index contributed by atoms with van der Waals surface area (Å²) < 4.78 is 23.6. The smallest absolute Gasteiger partial charge is 0.311 e. The second kappa shape index (κ2) is 8.61. The van der Waals surface area contributed by atoms with E-state index >= 15 is 0 Å². The van der Waals surface area contributed by atoms with Crippen molar-refractivity contribution in [2.75, 3.05) is 7.11 Å². The van der Waals surface area contributed by atoms with E-state index in [2.05, 4.69) is 10.9 Å². The van der Waals surface area contributed by atoms with Gasteiger partial charge in [-0.25, -0.2) is 4.39 Å². The number of methoxy groups -OCH3 is 1. The van der Waals surface area contributed by atoms with Gasteiger partial charge in [-0.1, -0.05) is 12.1 Å². The molecule has 0 aliphatic carbocycles. The normalized spacial score (nSPS) is 11.2. The summed E-state index contributed by atoms with van der Waals surface area (Å²) in [4.78, 5) is 34.3. The largest absolute Gasteiger partial charge is 0.490 e. The van der Waals surface area contributed by atoms with E-state index in [1.54, 1.807) is 6.07 Å². The van der Waals surface area contributed by atoms with Crippen LogP contribution in [0.25, 0.3) is 0 Å². The fourth-order valence-corrected chi connectivity index (χ4v) is 2.05. The predicted octanol–water partition coefficient (Wildman–Crippen LogP) is 1.97. The van der Waals surface area contributed by atoms with E-state index in [4.69, 9.17) is 9.47 Å². The van der Waals surface area contributed by atoms with E-state index in [-0.39, 0.29) is 17.1 Å². The quantitative estimate of drug-likeness (QED) is 0.587. The fraction of sp³-hybridized carbons (Fsp3) is 0.176. The summed E-state index contributed by atoms with van der Waals surface area (Å²) in [6, 6.07) is 9.13. The van der Waals surface area contributed by atoms with Crippen molar-refractivity contribution in [2.24, 2.45) is 0 Å². The van der Waals surface area contributed by atoms with Crippen LogP contribution in [0.5, 0.6) is 11.5 Å². The topological polar surface area (TPSA) is 120 Å². The molecule has 0 heterocycles. The van der Waals surface area contributed by atoms with Crippen LogP contribution in [0, 0.1) is 15.9 Å². The van der Waals surface area contributed by atoms with Crippen LogP contribution in [-0.2, 0) is 4.79 Å². The zero-order valence-electron chi connectivity index (χ0n) is 14.4. The number of benzene rings is 2. The standard InChI is InChI=1S/C17H16FN3O6/c1-10(27-14-6-4-3-5-12(14)18)16(22)19-20-17(23)11-7-8-15(26-2)13(9-11)21(24)25/h3-10H,1-2H3,(H,19,22)(H,20,23)/t10-/m1/s1. The van der Waals surface area contributed by atoms with Crippen LogP contribution in [0.3, 0.4) is 0 Å². The van der Waals surface area contributed by atoms with Crippen LogP contribution in [0.4, 0.5) is 10.1 Å². The molecule has 0 spiro atoms. The molecule has 0 bridgehead atoms. The molecule has 0 aliphatic heterocycles. The maximum absolute atomic E-state index is 13.5. The van der Waals surface area contributed by atoms with E-state index < -0.39 is 34.3 Å². The Morgan fingerprint density at radius 2 is 1.85 bits per heavy atom. The van der Waals surface area contributed by atoms with E-state index in [1.807, 2.05) is 0 Å². The van der Waals surface area contributed by atoms with Crippen LogP contribution in [0.2, 0.25) is 0 Å². The van der Waals surface area contributed by atoms with Gasteiger partial charge in [-0.05, 0) is 31.2 Å². The molecule has 0 fully saturated rings. The second-order valence-electron chi connectivity index (χ2n) is 5.28. The number of para-hydroxylation sites is 1. The Morgan fingerprint density at radius 1 is 1.15 bits per heavy atom. The number of nitrogens with zero attached hydrogens (tertiary/aromatic N) is 1. The SMILES string of the molecule is COc1ccc(C(=O)NNC(=O)[C@@H](C)Oc2ccccc2F)cc1[N+](=O)[O-]. The van der Waals surface area contributed by atoms with Crippen molar-refractivity contribution in [3.05, 3.63) is 64.0 Å². The highest BCUT2D eigenvalue weighted by Gasteiger charge is 2.20. The van der Waals surface area contributed by atoms with Gasteiger partial charge < -0.3 is 9.47 Å². The Bertz CT molecular complexity index is 873. The van der Waals surface area contributed by atoms with Gasteiger partial charge in [0.25, 0.3) is 11.8 Å². The molecule has 0 saturated carbocycles. The van der Waals surface area contributed by atoms with Crippen molar-refractivity contribution >= 4 is 17.5 Å². The summed E-state index contributed by atoms with van der Waals surface area (Å²) in [5.41, 5.74) is 3.76. The minimum Gasteiger partial charge on any atom is -0.490 e. The van der Waals surface area contributed by atoms with Crippen LogP contribution in [0.15, 0.2) is 42.5 Å². The number of hydrogen-bond acceptors (Lipinski definition) is 6. The molecule has 9 nitrogen and oxygen atoms in total.